The number of rotatable bonds is 3. The number of benzene rings is 1. The first-order valence-electron chi connectivity index (χ1n) is 5.35. The third kappa shape index (κ3) is 2.95. The standard InChI is InChI=1S/C12H12Br2N2S/c1-3-9(13)12-16-15-11(17-12)8-4-5-10(14)7(2)6-8/h4-6,9H,3H2,1-2H3. The molecule has 1 aromatic heterocycles. The highest BCUT2D eigenvalue weighted by atomic mass is 79.9. The summed E-state index contributed by atoms with van der Waals surface area (Å²) >= 11 is 8.75. The number of nitrogens with zero attached hydrogens (tertiary/aromatic N) is 2. The molecule has 17 heavy (non-hydrogen) atoms. The van der Waals surface area contributed by atoms with Gasteiger partial charge in [0.1, 0.15) is 10.0 Å². The summed E-state index contributed by atoms with van der Waals surface area (Å²) in [7, 11) is 0. The summed E-state index contributed by atoms with van der Waals surface area (Å²) in [5.41, 5.74) is 2.34. The Hall–Kier alpha value is -0.260. The maximum atomic E-state index is 4.25. The molecule has 0 saturated carbocycles. The molecule has 0 aliphatic rings. The molecule has 1 aromatic carbocycles. The maximum Gasteiger partial charge on any atom is 0.147 e. The molecule has 90 valence electrons. The summed E-state index contributed by atoms with van der Waals surface area (Å²) in [5, 5.41) is 10.5. The highest BCUT2D eigenvalue weighted by Crippen LogP contribution is 2.33. The SMILES string of the molecule is CCC(Br)c1nnc(-c2ccc(Br)c(C)c2)s1. The molecular formula is C12H12Br2N2S. The van der Waals surface area contributed by atoms with E-state index in [9.17, 15) is 0 Å². The lowest BCUT2D eigenvalue weighted by atomic mass is 10.1. The van der Waals surface area contributed by atoms with Crippen molar-refractivity contribution < 1.29 is 0 Å². The van der Waals surface area contributed by atoms with Crippen LogP contribution in [0, 0.1) is 6.92 Å². The Morgan fingerprint density at radius 1 is 1.35 bits per heavy atom. The molecular weight excluding hydrogens is 364 g/mol. The number of halogens is 2. The fourth-order valence-corrected chi connectivity index (χ4v) is 2.95. The van der Waals surface area contributed by atoms with Crippen molar-refractivity contribution in [1.82, 2.24) is 10.2 Å². The van der Waals surface area contributed by atoms with E-state index in [2.05, 4.69) is 74.1 Å². The Morgan fingerprint density at radius 2 is 2.12 bits per heavy atom. The van der Waals surface area contributed by atoms with E-state index in [0.717, 1.165) is 26.5 Å². The van der Waals surface area contributed by atoms with Crippen molar-refractivity contribution in [1.29, 1.82) is 0 Å². The van der Waals surface area contributed by atoms with Crippen LogP contribution in [0.2, 0.25) is 0 Å². The smallest absolute Gasteiger partial charge is 0.142 e. The first-order chi connectivity index (χ1) is 8.11. The van der Waals surface area contributed by atoms with Crippen LogP contribution in [-0.4, -0.2) is 10.2 Å². The molecule has 2 rings (SSSR count). The van der Waals surface area contributed by atoms with Crippen molar-refractivity contribution in [3.8, 4) is 10.6 Å². The summed E-state index contributed by atoms with van der Waals surface area (Å²) in [4.78, 5) is 0.310. The predicted octanol–water partition coefficient (Wildman–Crippen LogP) is 5.12. The van der Waals surface area contributed by atoms with Gasteiger partial charge >= 0.3 is 0 Å². The van der Waals surface area contributed by atoms with E-state index in [0.29, 0.717) is 4.83 Å². The number of aromatic nitrogens is 2. The van der Waals surface area contributed by atoms with Crippen LogP contribution in [0.25, 0.3) is 10.6 Å². The number of aryl methyl sites for hydroxylation is 1. The van der Waals surface area contributed by atoms with Crippen LogP contribution in [0.5, 0.6) is 0 Å². The summed E-state index contributed by atoms with van der Waals surface area (Å²) < 4.78 is 1.12. The van der Waals surface area contributed by atoms with Crippen molar-refractivity contribution in [2.24, 2.45) is 0 Å². The third-order valence-electron chi connectivity index (χ3n) is 2.47. The summed E-state index contributed by atoms with van der Waals surface area (Å²) in [6, 6.07) is 6.25. The predicted molar refractivity (Wildman–Crippen MR) is 79.7 cm³/mol. The van der Waals surface area contributed by atoms with Crippen molar-refractivity contribution in [2.45, 2.75) is 25.1 Å². The maximum absolute atomic E-state index is 4.25. The zero-order valence-electron chi connectivity index (χ0n) is 9.58. The van der Waals surface area contributed by atoms with E-state index < -0.39 is 0 Å². The molecule has 1 atom stereocenters. The second-order valence-corrected chi connectivity index (χ2v) is 6.75. The van der Waals surface area contributed by atoms with E-state index in [4.69, 9.17) is 0 Å². The normalized spacial score (nSPS) is 12.7. The van der Waals surface area contributed by atoms with Crippen molar-refractivity contribution in [2.75, 3.05) is 0 Å². The Kier molecular flexibility index (Phi) is 4.33. The minimum Gasteiger partial charge on any atom is -0.142 e. The van der Waals surface area contributed by atoms with Gasteiger partial charge in [0.05, 0.1) is 4.83 Å². The Bertz CT molecular complexity index is 525. The summed E-state index contributed by atoms with van der Waals surface area (Å²) in [6.45, 7) is 4.21. The minimum absolute atomic E-state index is 0.310. The molecule has 0 radical (unpaired) electrons. The van der Waals surface area contributed by atoms with Gasteiger partial charge in [0, 0.05) is 10.0 Å². The molecule has 1 unspecified atom stereocenters. The zero-order chi connectivity index (χ0) is 12.4. The van der Waals surface area contributed by atoms with E-state index in [1.165, 1.54) is 5.56 Å². The van der Waals surface area contributed by atoms with Gasteiger partial charge in [-0.15, -0.1) is 10.2 Å². The fourth-order valence-electron chi connectivity index (χ4n) is 1.43. The average molecular weight is 376 g/mol. The van der Waals surface area contributed by atoms with E-state index in [1.54, 1.807) is 11.3 Å². The molecule has 0 fully saturated rings. The molecule has 5 heteroatoms. The van der Waals surface area contributed by atoms with E-state index in [1.807, 2.05) is 0 Å². The molecule has 0 aliphatic carbocycles. The van der Waals surface area contributed by atoms with Gasteiger partial charge in [0.25, 0.3) is 0 Å². The van der Waals surface area contributed by atoms with Gasteiger partial charge in [-0.1, -0.05) is 56.2 Å². The highest BCUT2D eigenvalue weighted by Gasteiger charge is 2.13. The molecule has 0 bridgehead atoms. The van der Waals surface area contributed by atoms with Crippen LogP contribution >= 0.6 is 43.2 Å². The van der Waals surface area contributed by atoms with Crippen LogP contribution in [0.4, 0.5) is 0 Å². The summed E-state index contributed by atoms with van der Waals surface area (Å²) in [5.74, 6) is 0. The molecule has 0 saturated heterocycles. The van der Waals surface area contributed by atoms with Gasteiger partial charge in [-0.3, -0.25) is 0 Å². The Labute approximate surface area is 122 Å². The second-order valence-electron chi connectivity index (χ2n) is 3.79. The van der Waals surface area contributed by atoms with Gasteiger partial charge in [-0.25, -0.2) is 0 Å². The van der Waals surface area contributed by atoms with Gasteiger partial charge in [-0.05, 0) is 31.0 Å². The first-order valence-corrected chi connectivity index (χ1v) is 7.88. The largest absolute Gasteiger partial charge is 0.147 e. The van der Waals surface area contributed by atoms with E-state index >= 15 is 0 Å². The Balaban J connectivity index is 2.33. The molecule has 0 N–H and O–H groups in total. The highest BCUT2D eigenvalue weighted by molar-refractivity contribution is 9.10. The lowest BCUT2D eigenvalue weighted by Gasteiger charge is -2.00. The van der Waals surface area contributed by atoms with Gasteiger partial charge in [-0.2, -0.15) is 0 Å². The Morgan fingerprint density at radius 3 is 2.76 bits per heavy atom. The summed E-state index contributed by atoms with van der Waals surface area (Å²) in [6.07, 6.45) is 1.02. The van der Waals surface area contributed by atoms with Crippen LogP contribution in [0.1, 0.15) is 28.7 Å². The van der Waals surface area contributed by atoms with Gasteiger partial charge < -0.3 is 0 Å². The lowest BCUT2D eigenvalue weighted by Crippen LogP contribution is -1.85. The first kappa shape index (κ1) is 13.2. The molecule has 2 nitrogen and oxygen atoms in total. The minimum atomic E-state index is 0.310. The molecule has 1 heterocycles. The monoisotopic (exact) mass is 374 g/mol. The lowest BCUT2D eigenvalue weighted by molar-refractivity contribution is 0.870. The van der Waals surface area contributed by atoms with Crippen LogP contribution < -0.4 is 0 Å². The zero-order valence-corrected chi connectivity index (χ0v) is 13.6. The second kappa shape index (κ2) is 5.59. The number of hydrogen-bond donors (Lipinski definition) is 0. The average Bonchev–Trinajstić information content (AvgIpc) is 2.81. The quantitative estimate of drug-likeness (QED) is 0.695. The van der Waals surface area contributed by atoms with Crippen LogP contribution in [0.15, 0.2) is 22.7 Å². The molecule has 0 amide bonds. The van der Waals surface area contributed by atoms with Crippen molar-refractivity contribution in [3.05, 3.63) is 33.2 Å². The third-order valence-corrected chi connectivity index (χ3v) is 5.83. The van der Waals surface area contributed by atoms with Gasteiger partial charge in [0.2, 0.25) is 0 Å². The van der Waals surface area contributed by atoms with E-state index in [-0.39, 0.29) is 0 Å². The van der Waals surface area contributed by atoms with Crippen molar-refractivity contribution >= 4 is 43.2 Å². The van der Waals surface area contributed by atoms with Crippen LogP contribution in [-0.2, 0) is 0 Å². The van der Waals surface area contributed by atoms with Crippen LogP contribution in [0.3, 0.4) is 0 Å². The molecule has 2 aromatic rings. The number of hydrogen-bond acceptors (Lipinski definition) is 3. The fraction of sp³-hybridized carbons (Fsp3) is 0.333. The topological polar surface area (TPSA) is 25.8 Å². The molecule has 0 aliphatic heterocycles. The van der Waals surface area contributed by atoms with Crippen molar-refractivity contribution in [3.63, 3.8) is 0 Å². The molecule has 0 spiro atoms. The number of alkyl halides is 1. The van der Waals surface area contributed by atoms with Gasteiger partial charge in [0.15, 0.2) is 0 Å².